The molecule has 0 saturated heterocycles. The minimum atomic E-state index is -0.507. The van der Waals surface area contributed by atoms with Gasteiger partial charge >= 0.3 is 5.97 Å². The molecule has 0 aliphatic heterocycles. The van der Waals surface area contributed by atoms with Crippen molar-refractivity contribution in [1.82, 2.24) is 14.8 Å². The Morgan fingerprint density at radius 2 is 1.90 bits per heavy atom. The molecule has 2 aromatic carbocycles. The van der Waals surface area contributed by atoms with Crippen molar-refractivity contribution >= 4 is 28.9 Å². The Kier molecular flexibility index (Phi) is 5.59. The number of hydrogen-bond acceptors (Lipinski definition) is 6. The molecule has 1 N–H and O–H groups in total. The van der Waals surface area contributed by atoms with Crippen LogP contribution in [0.15, 0.2) is 60.0 Å². The lowest BCUT2D eigenvalue weighted by atomic mass is 10.1. The zero-order chi connectivity index (χ0) is 22.0. The average molecular weight is 436 g/mol. The molecule has 1 amide bonds. The standard InChI is InChI=1S/C22H17FN4O3S/c1-13-12-14(22(29)30-2)5-10-17(13)24-21(28)19-25-20(18-4-3-11-31-18)27(26-19)16-8-6-15(23)7-9-16/h3-12H,1-2H3,(H,24,28). The van der Waals surface area contributed by atoms with E-state index in [0.29, 0.717) is 28.3 Å². The Balaban J connectivity index is 1.67. The van der Waals surface area contributed by atoms with E-state index >= 15 is 0 Å². The molecular formula is C22H17FN4O3S. The van der Waals surface area contributed by atoms with Gasteiger partial charge < -0.3 is 10.1 Å². The second kappa shape index (κ2) is 8.49. The zero-order valence-corrected chi connectivity index (χ0v) is 17.4. The summed E-state index contributed by atoms with van der Waals surface area (Å²) in [5.41, 5.74) is 2.17. The number of anilines is 1. The molecular weight excluding hydrogens is 419 g/mol. The summed E-state index contributed by atoms with van der Waals surface area (Å²) in [5, 5.41) is 9.02. The molecule has 0 spiro atoms. The van der Waals surface area contributed by atoms with Crippen molar-refractivity contribution in [2.45, 2.75) is 6.92 Å². The Hall–Kier alpha value is -3.85. The van der Waals surface area contributed by atoms with Gasteiger partial charge in [0.15, 0.2) is 5.82 Å². The number of amides is 1. The molecule has 0 saturated carbocycles. The van der Waals surface area contributed by atoms with Gasteiger partial charge in [0.05, 0.1) is 23.2 Å². The van der Waals surface area contributed by atoms with Gasteiger partial charge in [-0.15, -0.1) is 16.4 Å². The highest BCUT2D eigenvalue weighted by Gasteiger charge is 2.20. The van der Waals surface area contributed by atoms with Crippen molar-refractivity contribution in [1.29, 1.82) is 0 Å². The maximum atomic E-state index is 13.4. The summed E-state index contributed by atoms with van der Waals surface area (Å²) in [5.74, 6) is -0.895. The van der Waals surface area contributed by atoms with Crippen LogP contribution in [0.3, 0.4) is 0 Å². The molecule has 0 atom stereocenters. The van der Waals surface area contributed by atoms with E-state index in [1.54, 1.807) is 37.3 Å². The first-order valence-corrected chi connectivity index (χ1v) is 10.1. The molecule has 0 aliphatic rings. The zero-order valence-electron chi connectivity index (χ0n) is 16.6. The summed E-state index contributed by atoms with van der Waals surface area (Å²) < 4.78 is 19.6. The number of aryl methyl sites for hydroxylation is 1. The number of aromatic nitrogens is 3. The van der Waals surface area contributed by atoms with Crippen molar-refractivity contribution in [3.05, 3.63) is 82.7 Å². The predicted octanol–water partition coefficient (Wildman–Crippen LogP) is 4.48. The van der Waals surface area contributed by atoms with E-state index in [1.807, 2.05) is 17.5 Å². The van der Waals surface area contributed by atoms with E-state index in [-0.39, 0.29) is 11.6 Å². The van der Waals surface area contributed by atoms with Gasteiger partial charge in [-0.3, -0.25) is 4.79 Å². The molecule has 0 aliphatic carbocycles. The lowest BCUT2D eigenvalue weighted by Crippen LogP contribution is -2.15. The van der Waals surface area contributed by atoms with E-state index in [2.05, 4.69) is 15.4 Å². The number of carbonyl (C=O) groups excluding carboxylic acids is 2. The fraction of sp³-hybridized carbons (Fsp3) is 0.0909. The van der Waals surface area contributed by atoms with Gasteiger partial charge in [0.1, 0.15) is 5.82 Å². The highest BCUT2D eigenvalue weighted by molar-refractivity contribution is 7.13. The molecule has 0 bridgehead atoms. The van der Waals surface area contributed by atoms with Crippen molar-refractivity contribution < 1.29 is 18.7 Å². The third-order valence-electron chi connectivity index (χ3n) is 4.52. The molecule has 31 heavy (non-hydrogen) atoms. The van der Waals surface area contributed by atoms with Crippen LogP contribution in [0.4, 0.5) is 10.1 Å². The van der Waals surface area contributed by atoms with Crippen LogP contribution < -0.4 is 5.32 Å². The monoisotopic (exact) mass is 436 g/mol. The van der Waals surface area contributed by atoms with Gasteiger partial charge in [0, 0.05) is 5.69 Å². The minimum absolute atomic E-state index is 0.0378. The highest BCUT2D eigenvalue weighted by Crippen LogP contribution is 2.26. The molecule has 0 unspecified atom stereocenters. The lowest BCUT2D eigenvalue weighted by molar-refractivity contribution is 0.0600. The smallest absolute Gasteiger partial charge is 0.337 e. The molecule has 2 aromatic heterocycles. The minimum Gasteiger partial charge on any atom is -0.465 e. The number of esters is 1. The average Bonchev–Trinajstić information content (AvgIpc) is 3.45. The molecule has 9 heteroatoms. The van der Waals surface area contributed by atoms with Crippen LogP contribution in [-0.2, 0) is 4.74 Å². The third kappa shape index (κ3) is 4.22. The summed E-state index contributed by atoms with van der Waals surface area (Å²) >= 11 is 1.45. The largest absolute Gasteiger partial charge is 0.465 e. The third-order valence-corrected chi connectivity index (χ3v) is 5.38. The SMILES string of the molecule is COC(=O)c1ccc(NC(=O)c2nc(-c3cccs3)n(-c3ccc(F)cc3)n2)c(C)c1. The quantitative estimate of drug-likeness (QED) is 0.466. The summed E-state index contributed by atoms with van der Waals surface area (Å²) in [6, 6.07) is 14.3. The van der Waals surface area contributed by atoms with Gasteiger partial charge in [-0.2, -0.15) is 0 Å². The molecule has 2 heterocycles. The number of carbonyl (C=O) groups is 2. The number of halogens is 1. The van der Waals surface area contributed by atoms with Crippen LogP contribution in [-0.4, -0.2) is 33.8 Å². The van der Waals surface area contributed by atoms with Crippen molar-refractivity contribution in [3.8, 4) is 16.4 Å². The Morgan fingerprint density at radius 1 is 1.13 bits per heavy atom. The number of methoxy groups -OCH3 is 1. The van der Waals surface area contributed by atoms with E-state index in [4.69, 9.17) is 4.74 Å². The number of hydrogen-bond donors (Lipinski definition) is 1. The number of benzene rings is 2. The predicted molar refractivity (Wildman–Crippen MR) is 115 cm³/mol. The Bertz CT molecular complexity index is 1250. The van der Waals surface area contributed by atoms with Gasteiger partial charge in [-0.25, -0.2) is 18.9 Å². The molecule has 156 valence electrons. The first kappa shape index (κ1) is 20.4. The summed E-state index contributed by atoms with van der Waals surface area (Å²) in [7, 11) is 1.31. The topological polar surface area (TPSA) is 86.1 Å². The number of thiophene rings is 1. The number of rotatable bonds is 5. The number of nitrogens with one attached hydrogen (secondary N) is 1. The number of nitrogens with zero attached hydrogens (tertiary/aromatic N) is 3. The first-order chi connectivity index (χ1) is 15.0. The van der Waals surface area contributed by atoms with Gasteiger partial charge in [-0.05, 0) is 66.4 Å². The Morgan fingerprint density at radius 3 is 2.55 bits per heavy atom. The van der Waals surface area contributed by atoms with Crippen LogP contribution in [0.2, 0.25) is 0 Å². The van der Waals surface area contributed by atoms with Crippen molar-refractivity contribution in [2.75, 3.05) is 12.4 Å². The van der Waals surface area contributed by atoms with E-state index < -0.39 is 11.9 Å². The van der Waals surface area contributed by atoms with Crippen molar-refractivity contribution in [3.63, 3.8) is 0 Å². The maximum absolute atomic E-state index is 13.4. The summed E-state index contributed by atoms with van der Waals surface area (Å²) in [6.45, 7) is 1.77. The van der Waals surface area contributed by atoms with Gasteiger partial charge in [0.2, 0.25) is 5.82 Å². The summed E-state index contributed by atoms with van der Waals surface area (Å²) in [6.07, 6.45) is 0. The molecule has 7 nitrogen and oxygen atoms in total. The first-order valence-electron chi connectivity index (χ1n) is 9.23. The van der Waals surface area contributed by atoms with Gasteiger partial charge in [0.25, 0.3) is 5.91 Å². The van der Waals surface area contributed by atoms with Gasteiger partial charge in [-0.1, -0.05) is 6.07 Å². The van der Waals surface area contributed by atoms with Crippen LogP contribution in [0.5, 0.6) is 0 Å². The molecule has 0 radical (unpaired) electrons. The lowest BCUT2D eigenvalue weighted by Gasteiger charge is -2.08. The second-order valence-corrected chi connectivity index (χ2v) is 7.55. The van der Waals surface area contributed by atoms with Crippen LogP contribution in [0.25, 0.3) is 16.4 Å². The number of ether oxygens (including phenoxy) is 1. The fourth-order valence-corrected chi connectivity index (χ4v) is 3.66. The molecule has 4 rings (SSSR count). The maximum Gasteiger partial charge on any atom is 0.337 e. The van der Waals surface area contributed by atoms with Crippen LogP contribution in [0.1, 0.15) is 26.5 Å². The second-order valence-electron chi connectivity index (χ2n) is 6.60. The van der Waals surface area contributed by atoms with Crippen LogP contribution >= 0.6 is 11.3 Å². The normalized spacial score (nSPS) is 10.7. The molecule has 0 fully saturated rings. The fourth-order valence-electron chi connectivity index (χ4n) is 2.96. The summed E-state index contributed by atoms with van der Waals surface area (Å²) in [4.78, 5) is 29.8. The highest BCUT2D eigenvalue weighted by atomic mass is 32.1. The Labute approximate surface area is 181 Å². The van der Waals surface area contributed by atoms with E-state index in [9.17, 15) is 14.0 Å². The molecule has 4 aromatic rings. The van der Waals surface area contributed by atoms with E-state index in [0.717, 1.165) is 4.88 Å². The van der Waals surface area contributed by atoms with Crippen molar-refractivity contribution in [2.24, 2.45) is 0 Å². The van der Waals surface area contributed by atoms with Crippen LogP contribution in [0, 0.1) is 12.7 Å². The van der Waals surface area contributed by atoms with E-state index in [1.165, 1.54) is 35.3 Å².